The average Bonchev–Trinajstić information content (AvgIpc) is 3.36. The molecule has 5 rings (SSSR count). The van der Waals surface area contributed by atoms with Gasteiger partial charge in [0, 0.05) is 31.2 Å². The molecule has 2 heterocycles. The number of benzene rings is 3. The van der Waals surface area contributed by atoms with E-state index in [9.17, 15) is 14.7 Å². The first-order chi connectivity index (χ1) is 22.1. The Kier molecular flexibility index (Phi) is 10.2. The largest absolute Gasteiger partial charge is 0.488 e. The molecule has 0 aliphatic carbocycles. The van der Waals surface area contributed by atoms with Crippen LogP contribution in [0.2, 0.25) is 0 Å². The molecule has 0 radical (unpaired) electrons. The zero-order valence-corrected chi connectivity index (χ0v) is 26.8. The van der Waals surface area contributed by atoms with Crippen LogP contribution in [0.25, 0.3) is 0 Å². The van der Waals surface area contributed by atoms with Gasteiger partial charge in [0.25, 0.3) is 5.91 Å². The molecule has 0 spiro atoms. The van der Waals surface area contributed by atoms with E-state index in [0.29, 0.717) is 53.8 Å². The minimum atomic E-state index is -0.498. The molecule has 46 heavy (non-hydrogen) atoms. The van der Waals surface area contributed by atoms with Gasteiger partial charge < -0.3 is 34.6 Å². The van der Waals surface area contributed by atoms with Gasteiger partial charge in [-0.05, 0) is 75.8 Å². The molecule has 0 bridgehead atoms. The van der Waals surface area contributed by atoms with E-state index < -0.39 is 12.1 Å². The molecule has 11 nitrogen and oxygen atoms in total. The van der Waals surface area contributed by atoms with Crippen LogP contribution in [0.1, 0.15) is 41.2 Å². The summed E-state index contributed by atoms with van der Waals surface area (Å²) in [7, 11) is 2.04. The summed E-state index contributed by atoms with van der Waals surface area (Å²) in [4.78, 5) is 30.4. The number of rotatable bonds is 10. The summed E-state index contributed by atoms with van der Waals surface area (Å²) in [5, 5.41) is 19.4. The second kappa shape index (κ2) is 14.5. The molecule has 242 valence electrons. The summed E-state index contributed by atoms with van der Waals surface area (Å²) in [6.07, 6.45) is -0.257. The van der Waals surface area contributed by atoms with Crippen LogP contribution >= 0.6 is 0 Å². The molecule has 0 fully saturated rings. The topological polar surface area (TPSA) is 129 Å². The van der Waals surface area contributed by atoms with E-state index in [1.807, 2.05) is 68.6 Å². The molecule has 3 aromatic carbocycles. The van der Waals surface area contributed by atoms with Gasteiger partial charge in [-0.25, -0.2) is 4.79 Å². The third-order valence-corrected chi connectivity index (χ3v) is 8.04. The zero-order valence-electron chi connectivity index (χ0n) is 26.8. The van der Waals surface area contributed by atoms with Gasteiger partial charge in [0.1, 0.15) is 34.7 Å². The standard InChI is InChI=1S/C35H41N5O6/c1-22-18-40(23(2)21-41)34(42)30-17-27(36-35(43)37-33-24(3)38-46-25(33)4)13-16-31(30)45-32(22)20-39(5)19-26-11-14-29(15-12-26)44-28-9-7-6-8-10-28/h6-17,22-23,32,41H,18-21H2,1-5H3,(H2,36,37,43)/t22-,23-,32-/m1/s1. The number of amides is 3. The third kappa shape index (κ3) is 7.85. The maximum atomic E-state index is 13.8. The molecular weight excluding hydrogens is 586 g/mol. The van der Waals surface area contributed by atoms with E-state index in [-0.39, 0.29) is 24.5 Å². The fourth-order valence-corrected chi connectivity index (χ4v) is 5.43. The lowest BCUT2D eigenvalue weighted by Crippen LogP contribution is -2.49. The molecule has 4 aromatic rings. The number of aliphatic hydroxyl groups excluding tert-OH is 1. The predicted molar refractivity (Wildman–Crippen MR) is 176 cm³/mol. The van der Waals surface area contributed by atoms with Crippen molar-refractivity contribution in [3.63, 3.8) is 0 Å². The molecule has 3 N–H and O–H groups in total. The summed E-state index contributed by atoms with van der Waals surface area (Å²) in [5.41, 5.74) is 2.89. The fraction of sp³-hybridized carbons (Fsp3) is 0.343. The number of urea groups is 1. The Balaban J connectivity index is 1.30. The number of aromatic nitrogens is 1. The predicted octanol–water partition coefficient (Wildman–Crippen LogP) is 6.08. The lowest BCUT2D eigenvalue weighted by molar-refractivity contribution is 0.0341. The van der Waals surface area contributed by atoms with Crippen LogP contribution < -0.4 is 20.1 Å². The van der Waals surface area contributed by atoms with Crippen LogP contribution in [-0.4, -0.2) is 70.9 Å². The molecule has 3 atom stereocenters. The highest BCUT2D eigenvalue weighted by atomic mass is 16.5. The molecule has 11 heteroatoms. The first kappa shape index (κ1) is 32.5. The summed E-state index contributed by atoms with van der Waals surface area (Å²) < 4.78 is 17.6. The molecule has 3 amide bonds. The fourth-order valence-electron chi connectivity index (χ4n) is 5.43. The highest BCUT2D eigenvalue weighted by molar-refractivity contribution is 6.03. The van der Waals surface area contributed by atoms with Crippen LogP contribution in [0.3, 0.4) is 0 Å². The average molecular weight is 628 g/mol. The van der Waals surface area contributed by atoms with E-state index in [2.05, 4.69) is 27.6 Å². The van der Waals surface area contributed by atoms with Crippen molar-refractivity contribution in [2.24, 2.45) is 5.92 Å². The Labute approximate surface area is 269 Å². The van der Waals surface area contributed by atoms with Gasteiger partial charge in [0.05, 0.1) is 18.2 Å². The molecular formula is C35H41N5O6. The third-order valence-electron chi connectivity index (χ3n) is 8.04. The number of fused-ring (bicyclic) bond motifs is 1. The van der Waals surface area contributed by atoms with Crippen molar-refractivity contribution in [3.05, 3.63) is 95.4 Å². The lowest BCUT2D eigenvalue weighted by Gasteiger charge is -2.38. The number of aliphatic hydroxyl groups is 1. The van der Waals surface area contributed by atoms with Crippen LogP contribution in [0.4, 0.5) is 16.2 Å². The van der Waals surface area contributed by atoms with Gasteiger partial charge in [0.2, 0.25) is 0 Å². The summed E-state index contributed by atoms with van der Waals surface area (Å²) in [5.74, 6) is 2.15. The Morgan fingerprint density at radius 2 is 1.80 bits per heavy atom. The number of carbonyl (C=O) groups is 2. The van der Waals surface area contributed by atoms with Crippen molar-refractivity contribution < 1.29 is 28.7 Å². The van der Waals surface area contributed by atoms with Crippen molar-refractivity contribution in [2.75, 3.05) is 37.4 Å². The number of anilines is 2. The molecule has 1 aromatic heterocycles. The quantitative estimate of drug-likeness (QED) is 0.193. The Bertz CT molecular complexity index is 1620. The van der Waals surface area contributed by atoms with Crippen molar-refractivity contribution in [1.82, 2.24) is 15.0 Å². The summed E-state index contributed by atoms with van der Waals surface area (Å²) >= 11 is 0. The van der Waals surface area contributed by atoms with Crippen LogP contribution in [0.5, 0.6) is 17.2 Å². The summed E-state index contributed by atoms with van der Waals surface area (Å²) in [6, 6.07) is 21.8. The molecule has 1 aliphatic rings. The number of hydrogen-bond donors (Lipinski definition) is 3. The Morgan fingerprint density at radius 3 is 2.48 bits per heavy atom. The number of aryl methyl sites for hydroxylation is 2. The van der Waals surface area contributed by atoms with Crippen LogP contribution in [0, 0.1) is 19.8 Å². The lowest BCUT2D eigenvalue weighted by atomic mass is 9.99. The SMILES string of the molecule is Cc1noc(C)c1NC(=O)Nc1ccc2c(c1)C(=O)N([C@H](C)CO)C[C@@H](C)[C@@H](CN(C)Cc1ccc(Oc3ccccc3)cc1)O2. The van der Waals surface area contributed by atoms with E-state index in [1.54, 1.807) is 36.9 Å². The second-order valence-electron chi connectivity index (χ2n) is 11.9. The van der Waals surface area contributed by atoms with E-state index in [0.717, 1.165) is 17.1 Å². The van der Waals surface area contributed by atoms with E-state index in [1.165, 1.54) is 0 Å². The van der Waals surface area contributed by atoms with Gasteiger partial charge >= 0.3 is 6.03 Å². The van der Waals surface area contributed by atoms with Gasteiger partial charge in [-0.15, -0.1) is 0 Å². The van der Waals surface area contributed by atoms with Gasteiger partial charge in [-0.2, -0.15) is 0 Å². The Morgan fingerprint density at radius 1 is 1.09 bits per heavy atom. The molecule has 1 aliphatic heterocycles. The highest BCUT2D eigenvalue weighted by Crippen LogP contribution is 2.31. The monoisotopic (exact) mass is 627 g/mol. The van der Waals surface area contributed by atoms with Crippen LogP contribution in [0.15, 0.2) is 77.3 Å². The molecule has 0 saturated carbocycles. The summed E-state index contributed by atoms with van der Waals surface area (Å²) in [6.45, 7) is 8.81. The zero-order chi connectivity index (χ0) is 32.8. The maximum absolute atomic E-state index is 13.8. The molecule has 0 saturated heterocycles. The second-order valence-corrected chi connectivity index (χ2v) is 11.9. The first-order valence-electron chi connectivity index (χ1n) is 15.3. The van der Waals surface area contributed by atoms with Gasteiger partial charge in [0.15, 0.2) is 5.76 Å². The number of hydrogen-bond acceptors (Lipinski definition) is 8. The number of likely N-dealkylation sites (N-methyl/N-ethyl adjacent to an activating group) is 1. The van der Waals surface area contributed by atoms with Crippen molar-refractivity contribution in [1.29, 1.82) is 0 Å². The maximum Gasteiger partial charge on any atom is 0.323 e. The Hall–Kier alpha value is -4.87. The highest BCUT2D eigenvalue weighted by Gasteiger charge is 2.33. The van der Waals surface area contributed by atoms with Gasteiger partial charge in [-0.1, -0.05) is 42.4 Å². The van der Waals surface area contributed by atoms with E-state index in [4.69, 9.17) is 14.0 Å². The number of carbonyl (C=O) groups excluding carboxylic acids is 2. The minimum Gasteiger partial charge on any atom is -0.488 e. The number of nitrogens with one attached hydrogen (secondary N) is 2. The number of ether oxygens (including phenoxy) is 2. The van der Waals surface area contributed by atoms with Crippen molar-refractivity contribution in [3.8, 4) is 17.2 Å². The number of nitrogens with zero attached hydrogens (tertiary/aromatic N) is 3. The molecule has 0 unspecified atom stereocenters. The van der Waals surface area contributed by atoms with Crippen molar-refractivity contribution >= 4 is 23.3 Å². The van der Waals surface area contributed by atoms with Gasteiger partial charge in [-0.3, -0.25) is 9.69 Å². The van der Waals surface area contributed by atoms with Crippen LogP contribution in [-0.2, 0) is 6.54 Å². The first-order valence-corrected chi connectivity index (χ1v) is 15.3. The number of para-hydroxylation sites is 1. The van der Waals surface area contributed by atoms with Crippen molar-refractivity contribution in [2.45, 2.75) is 46.4 Å². The van der Waals surface area contributed by atoms with E-state index >= 15 is 0 Å². The minimum absolute atomic E-state index is 0.0335. The smallest absolute Gasteiger partial charge is 0.323 e. The normalized spacial score (nSPS) is 17.0.